The first-order chi connectivity index (χ1) is 42.8. The molecule has 12 aliphatic rings. The van der Waals surface area contributed by atoms with Gasteiger partial charge in [-0.3, -0.25) is 28.8 Å². The molecule has 0 N–H and O–H groups in total. The van der Waals surface area contributed by atoms with E-state index < -0.39 is 157 Å². The van der Waals surface area contributed by atoms with Crippen molar-refractivity contribution in [3.05, 3.63) is 0 Å². The molecule has 0 aromatic carbocycles. The summed E-state index contributed by atoms with van der Waals surface area (Å²) in [5, 5.41) is 0. The van der Waals surface area contributed by atoms with Gasteiger partial charge in [0.15, 0.2) is 13.2 Å². The van der Waals surface area contributed by atoms with Crippen LogP contribution < -0.4 is 0 Å². The SMILES string of the molecule is CCC(C)(C)C(=O)OCCOC(=O)C(F)(F)COC(=O)C12CC3CC(CC(C3)C1)C2.CCC(C)(C)C(=O)OCCOC(=O)C(F)(F)COC(=O)C12CC3CC(CC(C3)C1)C2.CCC(C)C(=O)OCCOC(=O)C(F)(F)CC(F)(F)OC(=O)C12CC3CC(CC(C3)C1)C2. The zero-order chi connectivity index (χ0) is 68.0. The molecule has 522 valence electrons. The van der Waals surface area contributed by atoms with Gasteiger partial charge in [0.25, 0.3) is 0 Å². The summed E-state index contributed by atoms with van der Waals surface area (Å²) in [6, 6.07) is 0. The lowest BCUT2D eigenvalue weighted by atomic mass is 9.49. The lowest BCUT2D eigenvalue weighted by molar-refractivity contribution is -0.271. The predicted molar refractivity (Wildman–Crippen MR) is 308 cm³/mol. The summed E-state index contributed by atoms with van der Waals surface area (Å²) >= 11 is 0. The maximum absolute atomic E-state index is 14.2. The van der Waals surface area contributed by atoms with E-state index in [1.54, 1.807) is 41.5 Å². The first-order valence-corrected chi connectivity index (χ1v) is 32.9. The molecular formula is C66H94F8O18. The van der Waals surface area contributed by atoms with Crippen LogP contribution in [0.25, 0.3) is 0 Å². The lowest BCUT2D eigenvalue weighted by Crippen LogP contribution is -2.52. The zero-order valence-corrected chi connectivity index (χ0v) is 54.4. The van der Waals surface area contributed by atoms with Gasteiger partial charge in [-0.05, 0) is 216 Å². The van der Waals surface area contributed by atoms with E-state index in [9.17, 15) is 78.3 Å². The summed E-state index contributed by atoms with van der Waals surface area (Å²) in [5.74, 6) is -18.8. The van der Waals surface area contributed by atoms with Crippen LogP contribution in [0.3, 0.4) is 0 Å². The van der Waals surface area contributed by atoms with Gasteiger partial charge in [0.05, 0.1) is 33.0 Å². The van der Waals surface area contributed by atoms with Crippen molar-refractivity contribution in [1.82, 2.24) is 0 Å². The molecule has 18 nitrogen and oxygen atoms in total. The molecule has 0 aliphatic heterocycles. The monoisotopic (exact) mass is 1330 g/mol. The Balaban J connectivity index is 0.000000196. The van der Waals surface area contributed by atoms with Crippen LogP contribution in [0.1, 0.15) is 197 Å². The van der Waals surface area contributed by atoms with Crippen molar-refractivity contribution in [3.63, 3.8) is 0 Å². The van der Waals surface area contributed by atoms with E-state index >= 15 is 0 Å². The van der Waals surface area contributed by atoms with Crippen LogP contribution in [-0.2, 0) is 85.8 Å². The molecule has 12 aliphatic carbocycles. The largest absolute Gasteiger partial charge is 0.462 e. The van der Waals surface area contributed by atoms with Crippen LogP contribution in [0.2, 0.25) is 0 Å². The molecule has 12 rings (SSSR count). The molecule has 0 radical (unpaired) electrons. The summed E-state index contributed by atoms with van der Waals surface area (Å²) < 4.78 is 155. The van der Waals surface area contributed by atoms with E-state index in [4.69, 9.17) is 23.7 Å². The molecule has 12 saturated carbocycles. The molecule has 1 unspecified atom stereocenters. The molecule has 0 saturated heterocycles. The molecule has 12 fully saturated rings. The summed E-state index contributed by atoms with van der Waals surface area (Å²) in [6.45, 7) is 8.42. The van der Waals surface area contributed by atoms with E-state index in [2.05, 4.69) is 18.9 Å². The highest BCUT2D eigenvalue weighted by atomic mass is 19.3. The molecule has 26 heteroatoms. The van der Waals surface area contributed by atoms with Crippen molar-refractivity contribution >= 4 is 53.7 Å². The summed E-state index contributed by atoms with van der Waals surface area (Å²) in [5.41, 5.74) is -3.74. The Labute approximate surface area is 532 Å². The molecule has 1 atom stereocenters. The van der Waals surface area contributed by atoms with Gasteiger partial charge in [-0.1, -0.05) is 27.7 Å². The molecule has 92 heavy (non-hydrogen) atoms. The summed E-state index contributed by atoms with van der Waals surface area (Å²) in [6.07, 6.45) is 9.98. The fourth-order valence-electron chi connectivity index (χ4n) is 16.5. The average Bonchev–Trinajstić information content (AvgIpc) is 0.766. The van der Waals surface area contributed by atoms with Crippen LogP contribution in [0, 0.1) is 86.3 Å². The molecule has 0 aromatic rings. The third-order valence-electron chi connectivity index (χ3n) is 21.3. The summed E-state index contributed by atoms with van der Waals surface area (Å²) in [7, 11) is 0. The zero-order valence-electron chi connectivity index (χ0n) is 54.4. The van der Waals surface area contributed by atoms with Crippen LogP contribution in [0.5, 0.6) is 0 Å². The Hall–Kier alpha value is -5.33. The number of alkyl halides is 8. The number of hydrogen-bond acceptors (Lipinski definition) is 18. The normalized spacial score (nSPS) is 30.1. The van der Waals surface area contributed by atoms with Crippen molar-refractivity contribution in [1.29, 1.82) is 0 Å². The topological polar surface area (TPSA) is 237 Å². The third-order valence-corrected chi connectivity index (χ3v) is 21.3. The second kappa shape index (κ2) is 29.3. The van der Waals surface area contributed by atoms with Gasteiger partial charge in [0, 0.05) is 0 Å². The maximum Gasteiger partial charge on any atom is 0.406 e. The van der Waals surface area contributed by atoms with Crippen molar-refractivity contribution < 1.29 is 121 Å². The molecule has 0 aromatic heterocycles. The Morgan fingerprint density at radius 1 is 0.370 bits per heavy atom. The van der Waals surface area contributed by atoms with E-state index in [0.717, 1.165) is 57.8 Å². The Morgan fingerprint density at radius 3 is 0.891 bits per heavy atom. The van der Waals surface area contributed by atoms with Gasteiger partial charge in [0.2, 0.25) is 0 Å². The Bertz CT molecular complexity index is 2450. The van der Waals surface area contributed by atoms with Gasteiger partial charge in [0.1, 0.15) is 46.1 Å². The van der Waals surface area contributed by atoms with E-state index in [0.29, 0.717) is 113 Å². The van der Waals surface area contributed by atoms with Gasteiger partial charge in [-0.15, -0.1) is 0 Å². The third kappa shape index (κ3) is 18.4. The fraction of sp³-hybridized carbons (Fsp3) is 0.864. The number of carbonyl (C=O) groups is 9. The Kier molecular flexibility index (Phi) is 23.6. The second-order valence-electron chi connectivity index (χ2n) is 29.7. The Morgan fingerprint density at radius 2 is 0.620 bits per heavy atom. The molecule has 0 spiro atoms. The summed E-state index contributed by atoms with van der Waals surface area (Å²) in [4.78, 5) is 108. The number of hydrogen-bond donors (Lipinski definition) is 0. The number of carbonyl (C=O) groups excluding carboxylic acids is 9. The smallest absolute Gasteiger partial charge is 0.406 e. The predicted octanol–water partition coefficient (Wildman–Crippen LogP) is 12.3. The van der Waals surface area contributed by atoms with Crippen LogP contribution >= 0.6 is 0 Å². The second-order valence-corrected chi connectivity index (χ2v) is 29.7. The fourth-order valence-corrected chi connectivity index (χ4v) is 16.5. The number of ether oxygens (including phenoxy) is 9. The first kappa shape index (κ1) is 74.1. The van der Waals surface area contributed by atoms with Crippen molar-refractivity contribution in [2.75, 3.05) is 52.9 Å². The van der Waals surface area contributed by atoms with Gasteiger partial charge in [-0.25, -0.2) is 14.4 Å². The van der Waals surface area contributed by atoms with Crippen LogP contribution in [0.4, 0.5) is 35.1 Å². The van der Waals surface area contributed by atoms with E-state index in [1.807, 2.05) is 13.8 Å². The number of halogens is 8. The van der Waals surface area contributed by atoms with Crippen molar-refractivity contribution in [2.24, 2.45) is 86.3 Å². The molecule has 0 amide bonds. The number of rotatable bonds is 28. The van der Waals surface area contributed by atoms with Crippen molar-refractivity contribution in [2.45, 2.75) is 221 Å². The van der Waals surface area contributed by atoms with E-state index in [-0.39, 0.29) is 31.0 Å². The van der Waals surface area contributed by atoms with E-state index in [1.165, 1.54) is 0 Å². The van der Waals surface area contributed by atoms with Crippen molar-refractivity contribution in [3.8, 4) is 0 Å². The lowest BCUT2D eigenvalue weighted by Gasteiger charge is -2.55. The minimum atomic E-state index is -4.58. The quantitative estimate of drug-likeness (QED) is 0.0306. The maximum atomic E-state index is 14.2. The van der Waals surface area contributed by atoms with Crippen LogP contribution in [0.15, 0.2) is 0 Å². The van der Waals surface area contributed by atoms with Gasteiger partial charge in [-0.2, -0.15) is 35.1 Å². The van der Waals surface area contributed by atoms with Gasteiger partial charge < -0.3 is 42.6 Å². The van der Waals surface area contributed by atoms with Gasteiger partial charge >= 0.3 is 77.6 Å². The first-order valence-electron chi connectivity index (χ1n) is 32.9. The minimum Gasteiger partial charge on any atom is -0.462 e. The standard InChI is InChI=1S/C22H30F4O6.2C22H32F2O6/c1-3-13(2)17(27)30-4-5-31-19(29)21(23,24)12-22(25,26)32-18(28)20-9-14-6-15(10-20)8-16(7-14)11-20;2*1-4-20(2,3)17(25)28-5-6-29-19(27)22(23,24)13-30-18(26)21-10-14-7-15(11-21)9-16(8-14)12-21/h13-16H,3-12H2,1-2H3;2*14-16H,4-13H2,1-3H3. The highest BCUT2D eigenvalue weighted by Gasteiger charge is 2.61. The highest BCUT2D eigenvalue weighted by Crippen LogP contribution is 2.63. The highest BCUT2D eigenvalue weighted by molar-refractivity contribution is 5.82. The minimum absolute atomic E-state index is 0.285. The van der Waals surface area contributed by atoms with Crippen LogP contribution in [-0.4, -0.2) is 130 Å². The molecular weight excluding hydrogens is 1230 g/mol. The average molecular weight is 1330 g/mol. The molecule has 0 heterocycles. The molecule has 12 bridgehead atoms. The number of esters is 9.